The van der Waals surface area contributed by atoms with Crippen LogP contribution >= 0.6 is 0 Å². The molecule has 0 N–H and O–H groups in total. The van der Waals surface area contributed by atoms with E-state index in [1.165, 1.54) is 12.1 Å². The fourth-order valence-corrected chi connectivity index (χ4v) is 1.46. The van der Waals surface area contributed by atoms with Gasteiger partial charge in [0.05, 0.1) is 5.97 Å². The molecule has 9 heteroatoms. The van der Waals surface area contributed by atoms with Crippen molar-refractivity contribution in [3.63, 3.8) is 0 Å². The van der Waals surface area contributed by atoms with E-state index in [-0.39, 0.29) is 5.56 Å². The molecule has 0 fully saturated rings. The first kappa shape index (κ1) is 15.0. The molecule has 0 unspecified atom stereocenters. The van der Waals surface area contributed by atoms with Gasteiger partial charge in [-0.25, -0.2) is 0 Å². The largest absolute Gasteiger partial charge is 0.545 e. The van der Waals surface area contributed by atoms with Crippen molar-refractivity contribution in [3.05, 3.63) is 35.9 Å². The summed E-state index contributed by atoms with van der Waals surface area (Å²) in [5.74, 6) is -2.09. The molecule has 0 aliphatic carbocycles. The molecular formula is C10H6F3O5S-. The highest BCUT2D eigenvalue weighted by Gasteiger charge is 2.48. The second-order valence-corrected chi connectivity index (χ2v) is 4.75. The van der Waals surface area contributed by atoms with Crippen LogP contribution in [0.5, 0.6) is 5.75 Å². The Morgan fingerprint density at radius 3 is 2.47 bits per heavy atom. The van der Waals surface area contributed by atoms with E-state index in [2.05, 4.69) is 4.18 Å². The quantitative estimate of drug-likeness (QED) is 0.463. The summed E-state index contributed by atoms with van der Waals surface area (Å²) < 4.78 is 61.5. The van der Waals surface area contributed by atoms with E-state index < -0.39 is 27.3 Å². The molecule has 1 aromatic carbocycles. The molecular weight excluding hydrogens is 289 g/mol. The minimum absolute atomic E-state index is 0.138. The standard InChI is InChI=1S/C10H7F3O5S/c11-10(12,13)19(16,17)18-8-3-1-2-7(6-8)4-5-9(14)15/h1-6H,(H,14,15)/p-1/b5-4+. The average Bonchev–Trinajstić information content (AvgIpc) is 2.24. The zero-order valence-electron chi connectivity index (χ0n) is 9.05. The van der Waals surface area contributed by atoms with E-state index in [1.54, 1.807) is 0 Å². The second-order valence-electron chi connectivity index (χ2n) is 3.21. The lowest BCUT2D eigenvalue weighted by Gasteiger charge is -2.09. The van der Waals surface area contributed by atoms with Crippen molar-refractivity contribution in [2.24, 2.45) is 0 Å². The van der Waals surface area contributed by atoms with Crippen molar-refractivity contribution in [3.8, 4) is 5.75 Å². The number of rotatable bonds is 4. The highest BCUT2D eigenvalue weighted by atomic mass is 32.2. The van der Waals surface area contributed by atoms with Crippen molar-refractivity contribution < 1.29 is 35.7 Å². The predicted octanol–water partition coefficient (Wildman–Crippen LogP) is 0.678. The second kappa shape index (κ2) is 5.31. The average molecular weight is 295 g/mol. The molecule has 0 aromatic heterocycles. The Bertz CT molecular complexity index is 604. The Balaban J connectivity index is 2.99. The van der Waals surface area contributed by atoms with E-state index in [0.717, 1.165) is 18.2 Å². The van der Waals surface area contributed by atoms with Gasteiger partial charge in [-0.05, 0) is 23.8 Å². The third-order valence-electron chi connectivity index (χ3n) is 1.76. The van der Waals surface area contributed by atoms with E-state index in [9.17, 15) is 31.5 Å². The Hall–Kier alpha value is -2.03. The van der Waals surface area contributed by atoms with E-state index in [4.69, 9.17) is 0 Å². The Labute approximate surface area is 106 Å². The number of carboxylic acid groups (broad SMARTS) is 1. The van der Waals surface area contributed by atoms with Gasteiger partial charge < -0.3 is 14.1 Å². The molecule has 0 spiro atoms. The molecule has 5 nitrogen and oxygen atoms in total. The topological polar surface area (TPSA) is 83.5 Å². The number of hydrogen-bond donors (Lipinski definition) is 0. The summed E-state index contributed by atoms with van der Waals surface area (Å²) in [6.45, 7) is 0. The van der Waals surface area contributed by atoms with Crippen molar-refractivity contribution in [2.45, 2.75) is 5.51 Å². The van der Waals surface area contributed by atoms with Gasteiger partial charge in [0, 0.05) is 0 Å². The molecule has 0 saturated carbocycles. The van der Waals surface area contributed by atoms with Crippen LogP contribution in [0, 0.1) is 0 Å². The molecule has 1 aromatic rings. The van der Waals surface area contributed by atoms with Gasteiger partial charge in [-0.3, -0.25) is 0 Å². The number of alkyl halides is 3. The third-order valence-corrected chi connectivity index (χ3v) is 2.74. The molecule has 0 heterocycles. The van der Waals surface area contributed by atoms with Crippen LogP contribution in [-0.4, -0.2) is 19.9 Å². The number of halogens is 3. The summed E-state index contributed by atoms with van der Waals surface area (Å²) in [5.41, 5.74) is -5.40. The first-order valence-electron chi connectivity index (χ1n) is 4.62. The number of benzene rings is 1. The molecule has 0 bridgehead atoms. The molecule has 0 amide bonds. The summed E-state index contributed by atoms with van der Waals surface area (Å²) in [7, 11) is -5.75. The molecule has 0 atom stereocenters. The van der Waals surface area contributed by atoms with E-state index in [1.807, 2.05) is 0 Å². The van der Waals surface area contributed by atoms with Gasteiger partial charge in [0.1, 0.15) is 5.75 Å². The van der Waals surface area contributed by atoms with Crippen LogP contribution in [0.15, 0.2) is 30.3 Å². The molecule has 104 valence electrons. The molecule has 0 saturated heterocycles. The molecule has 0 aliphatic heterocycles. The van der Waals surface area contributed by atoms with Crippen LogP contribution in [0.1, 0.15) is 5.56 Å². The molecule has 0 radical (unpaired) electrons. The van der Waals surface area contributed by atoms with Gasteiger partial charge in [0.2, 0.25) is 0 Å². The van der Waals surface area contributed by atoms with Crippen molar-refractivity contribution >= 4 is 22.2 Å². The lowest BCUT2D eigenvalue weighted by atomic mass is 10.2. The summed E-state index contributed by atoms with van der Waals surface area (Å²) in [6.07, 6.45) is 1.65. The van der Waals surface area contributed by atoms with Gasteiger partial charge in [-0.15, -0.1) is 0 Å². The first-order valence-corrected chi connectivity index (χ1v) is 6.02. The summed E-state index contributed by atoms with van der Waals surface area (Å²) >= 11 is 0. The van der Waals surface area contributed by atoms with Gasteiger partial charge in [-0.2, -0.15) is 21.6 Å². The Morgan fingerprint density at radius 2 is 1.95 bits per heavy atom. The highest BCUT2D eigenvalue weighted by molar-refractivity contribution is 7.87. The minimum atomic E-state index is -5.75. The van der Waals surface area contributed by atoms with E-state index in [0.29, 0.717) is 6.08 Å². The van der Waals surface area contributed by atoms with Crippen molar-refractivity contribution in [1.82, 2.24) is 0 Å². The van der Waals surface area contributed by atoms with Gasteiger partial charge in [0.15, 0.2) is 0 Å². The maximum absolute atomic E-state index is 12.1. The van der Waals surface area contributed by atoms with Crippen LogP contribution in [0.4, 0.5) is 13.2 Å². The lowest BCUT2D eigenvalue weighted by Crippen LogP contribution is -2.28. The maximum Gasteiger partial charge on any atom is 0.534 e. The Kier molecular flexibility index (Phi) is 4.20. The number of carboxylic acids is 1. The summed E-state index contributed by atoms with van der Waals surface area (Å²) in [4.78, 5) is 10.1. The van der Waals surface area contributed by atoms with Gasteiger partial charge in [0.25, 0.3) is 0 Å². The summed E-state index contributed by atoms with van der Waals surface area (Å²) in [5, 5.41) is 10.1. The Morgan fingerprint density at radius 1 is 1.32 bits per heavy atom. The molecule has 19 heavy (non-hydrogen) atoms. The van der Waals surface area contributed by atoms with Crippen LogP contribution in [-0.2, 0) is 14.9 Å². The monoisotopic (exact) mass is 295 g/mol. The van der Waals surface area contributed by atoms with Crippen molar-refractivity contribution in [2.75, 3.05) is 0 Å². The maximum atomic E-state index is 12.1. The number of aliphatic carboxylic acids is 1. The summed E-state index contributed by atoms with van der Waals surface area (Å²) in [6, 6.07) is 4.46. The zero-order valence-corrected chi connectivity index (χ0v) is 9.86. The van der Waals surface area contributed by atoms with Crippen LogP contribution in [0.25, 0.3) is 6.08 Å². The van der Waals surface area contributed by atoms with Crippen LogP contribution in [0.3, 0.4) is 0 Å². The number of carbonyl (C=O) groups excluding carboxylic acids is 1. The SMILES string of the molecule is O=C([O-])/C=C/c1cccc(OS(=O)(=O)C(F)(F)F)c1. The van der Waals surface area contributed by atoms with Gasteiger partial charge in [-0.1, -0.05) is 18.2 Å². The number of hydrogen-bond acceptors (Lipinski definition) is 5. The zero-order chi connectivity index (χ0) is 14.7. The number of carbonyl (C=O) groups is 1. The molecule has 1 rings (SSSR count). The minimum Gasteiger partial charge on any atom is -0.545 e. The highest BCUT2D eigenvalue weighted by Crippen LogP contribution is 2.27. The fraction of sp³-hybridized carbons (Fsp3) is 0.100. The normalized spacial score (nSPS) is 12.6. The lowest BCUT2D eigenvalue weighted by molar-refractivity contribution is -0.297. The first-order chi connectivity index (χ1) is 8.62. The van der Waals surface area contributed by atoms with Gasteiger partial charge >= 0.3 is 15.6 Å². The van der Waals surface area contributed by atoms with Crippen molar-refractivity contribution in [1.29, 1.82) is 0 Å². The third kappa shape index (κ3) is 4.28. The van der Waals surface area contributed by atoms with Crippen LogP contribution < -0.4 is 9.29 Å². The fourth-order valence-electron chi connectivity index (χ4n) is 1.01. The van der Waals surface area contributed by atoms with E-state index >= 15 is 0 Å². The molecule has 0 aliphatic rings. The predicted molar refractivity (Wildman–Crippen MR) is 56.1 cm³/mol. The smallest absolute Gasteiger partial charge is 0.534 e. The van der Waals surface area contributed by atoms with Crippen LogP contribution in [0.2, 0.25) is 0 Å².